The molecule has 60 heavy (non-hydrogen) atoms. The van der Waals surface area contributed by atoms with E-state index in [2.05, 4.69) is 39.9 Å². The molecule has 2 aromatic heterocycles. The third kappa shape index (κ3) is 9.77. The number of hydrogen-bond acceptors (Lipinski definition) is 18. The maximum Gasteiger partial charge on any atom is 1.00 e. The largest absolute Gasteiger partial charge is 1.00 e. The summed E-state index contributed by atoms with van der Waals surface area (Å²) in [5, 5.41) is 0.283. The van der Waals surface area contributed by atoms with Gasteiger partial charge in [0.05, 0.1) is 19.6 Å². The van der Waals surface area contributed by atoms with Gasteiger partial charge in [0.1, 0.15) is 57.6 Å². The molecule has 282 valence electrons. The zero-order valence-corrected chi connectivity index (χ0v) is 46.9. The molecule has 5 heterocycles. The Morgan fingerprint density at radius 2 is 0.717 bits per heavy atom. The second-order valence-electron chi connectivity index (χ2n) is 12.3. The van der Waals surface area contributed by atoms with Crippen molar-refractivity contribution in [3.05, 3.63) is 72.8 Å². The van der Waals surface area contributed by atoms with E-state index < -0.39 is 60.1 Å². The van der Waals surface area contributed by atoms with Crippen molar-refractivity contribution in [3.63, 3.8) is 0 Å². The fourth-order valence-corrected chi connectivity index (χ4v) is 8.32. The van der Waals surface area contributed by atoms with E-state index in [1.54, 1.807) is 0 Å². The summed E-state index contributed by atoms with van der Waals surface area (Å²) in [5.41, 5.74) is 0.423. The molecule has 0 radical (unpaired) electrons. The Kier molecular flexibility index (Phi) is 15.9. The molecule has 9 rings (SSSR count). The maximum atomic E-state index is 12.1. The third-order valence-electron chi connectivity index (χ3n) is 8.87. The molecule has 0 atom stereocenters. The van der Waals surface area contributed by atoms with Crippen molar-refractivity contribution in [2.75, 3.05) is 0 Å². The van der Waals surface area contributed by atoms with Crippen molar-refractivity contribution >= 4 is 62.5 Å². The van der Waals surface area contributed by atoms with Crippen LogP contribution in [-0.4, -0.2) is 91.8 Å². The van der Waals surface area contributed by atoms with Gasteiger partial charge in [-0.05, 0) is 72.8 Å². The van der Waals surface area contributed by atoms with E-state index in [0.29, 0.717) is 0 Å². The predicted octanol–water partition coefficient (Wildman–Crippen LogP) is -9.60. The maximum absolute atomic E-state index is 12.1. The number of nitrogens with zero attached hydrogens (tertiary/aromatic N) is 6. The minimum Gasteiger partial charge on any atom is -0.744 e. The van der Waals surface area contributed by atoms with E-state index in [1.165, 1.54) is 24.3 Å². The van der Waals surface area contributed by atoms with E-state index in [9.17, 15) is 51.9 Å². The zero-order chi connectivity index (χ0) is 39.7. The Hall–Kier alpha value is 0.425. The molecule has 0 unspecified atom stereocenters. The molecule has 0 amide bonds. The van der Waals surface area contributed by atoms with Crippen molar-refractivity contribution in [2.24, 2.45) is 0 Å². The van der Waals surface area contributed by atoms with Crippen LogP contribution in [0.15, 0.2) is 92.4 Å². The summed E-state index contributed by atoms with van der Waals surface area (Å²) >= 11 is 0. The molecular weight excluding hydrogens is 973 g/mol. The number of fused-ring (bicyclic) bond motifs is 20. The summed E-state index contributed by atoms with van der Waals surface area (Å²) in [6.07, 6.45) is 0. The van der Waals surface area contributed by atoms with Gasteiger partial charge in [0, 0.05) is 44.2 Å². The van der Waals surface area contributed by atoms with Gasteiger partial charge in [-0.3, -0.25) is 0 Å². The smallest absolute Gasteiger partial charge is 0.744 e. The van der Waals surface area contributed by atoms with Crippen LogP contribution >= 0.6 is 0 Å². The van der Waals surface area contributed by atoms with E-state index in [4.69, 9.17) is 0 Å². The molecule has 2 N–H and O–H groups in total. The van der Waals surface area contributed by atoms with Gasteiger partial charge in [0.15, 0.2) is 29.1 Å². The summed E-state index contributed by atoms with van der Waals surface area (Å²) in [4.78, 5) is 30.5. The summed E-state index contributed by atoms with van der Waals surface area (Å²) < 4.78 is 145. The van der Waals surface area contributed by atoms with Crippen molar-refractivity contribution < 1.29 is 257 Å². The van der Waals surface area contributed by atoms with Crippen LogP contribution in [0.1, 0.15) is 0 Å². The molecule has 0 saturated carbocycles. The van der Waals surface area contributed by atoms with E-state index in [0.717, 1.165) is 48.5 Å². The summed E-state index contributed by atoms with van der Waals surface area (Å²) in [7, 11) is -20.0. The molecule has 20 nitrogen and oxygen atoms in total. The minimum atomic E-state index is -5.01. The number of rotatable bonds is 4. The third-order valence-corrected chi connectivity index (χ3v) is 12.2. The van der Waals surface area contributed by atoms with Gasteiger partial charge in [-0.1, -0.05) is 0 Å². The fourth-order valence-electron chi connectivity index (χ4n) is 6.33. The molecule has 0 fully saturated rings. The van der Waals surface area contributed by atoms with E-state index >= 15 is 0 Å². The van der Waals surface area contributed by atoms with Crippen LogP contribution in [0.2, 0.25) is 0 Å². The molecule has 0 saturated heterocycles. The molecule has 3 aliphatic heterocycles. The van der Waals surface area contributed by atoms with Crippen LogP contribution in [0.4, 0.5) is 0 Å². The number of aromatic amines is 2. The Balaban J connectivity index is 0.00000171. The van der Waals surface area contributed by atoms with Gasteiger partial charge in [0.25, 0.3) is 0 Å². The summed E-state index contributed by atoms with van der Waals surface area (Å²) in [6, 6.07) is 13.2. The molecule has 28 heteroatoms. The average molecular weight is 987 g/mol. The second kappa shape index (κ2) is 18.6. The standard InChI is InChI=1S/C32H18N8O12S4.4K/c41-53(42,43)13-1-5-17-21(9-13)29-33-25(17)37-30-22-10-14(54(44,45)46)2-6-18(22)27(34-30)39-32-24-12-16(56(50,51)52)4-8-20(24)28(36-32)40-31-23-11-15(55(47,48)49)3-7-19(23)26(35-31)38-29;;;;/h1-12H,(H,41,42,43)(H,44,45,46)(H,47,48,49)(H,50,51,52)(H2,33,34,35,36,37,38,39,40);;;;/q;4*+1/p-4. The first kappa shape index (κ1) is 51.4. The fraction of sp³-hybridized carbons (Fsp3) is 0. The molecule has 0 spiro atoms. The van der Waals surface area contributed by atoms with Gasteiger partial charge in [-0.15, -0.1) is 0 Å². The van der Waals surface area contributed by atoms with Crippen LogP contribution in [0, 0.1) is 0 Å². The zero-order valence-electron chi connectivity index (χ0n) is 31.1. The van der Waals surface area contributed by atoms with Gasteiger partial charge >= 0.3 is 206 Å². The van der Waals surface area contributed by atoms with Crippen molar-refractivity contribution in [2.45, 2.75) is 19.6 Å². The topological polar surface area (TPSA) is 338 Å². The van der Waals surface area contributed by atoms with E-state index in [-0.39, 0.29) is 296 Å². The quantitative estimate of drug-likeness (QED) is 0.122. The number of aromatic nitrogens is 8. The van der Waals surface area contributed by atoms with Crippen molar-refractivity contribution in [3.8, 4) is 68.3 Å². The Labute approximate surface area is 509 Å². The monoisotopic (exact) mass is 986 g/mol. The van der Waals surface area contributed by atoms with Gasteiger partial charge in [0.2, 0.25) is 0 Å². The second-order valence-corrected chi connectivity index (χ2v) is 17.8. The first-order valence-electron chi connectivity index (χ1n) is 15.5. The van der Waals surface area contributed by atoms with Crippen LogP contribution in [0.3, 0.4) is 0 Å². The SMILES string of the molecule is O=S(=O)([O-])c1ccc2c(c1)-c1nc3nc(nc4[nH]c([nH]c5nc(nc-2n1)-c1cc(S(=O)(=O)[O-])ccc1-5)c1cc(S(=O)(=O)[O-])ccc41)-c1cc(S(=O)(=O)[O-])ccc1-3.[K+].[K+].[K+].[K+]. The minimum absolute atomic E-state index is 0. The van der Waals surface area contributed by atoms with Gasteiger partial charge < -0.3 is 28.2 Å². The van der Waals surface area contributed by atoms with Crippen LogP contribution in [0.25, 0.3) is 90.4 Å². The normalized spacial score (nSPS) is 12.3. The first-order valence-corrected chi connectivity index (χ1v) is 21.1. The molecule has 6 aromatic rings. The first-order chi connectivity index (χ1) is 26.2. The van der Waals surface area contributed by atoms with E-state index in [1.807, 2.05) is 0 Å². The number of benzene rings is 4. The Morgan fingerprint density at radius 3 is 1.17 bits per heavy atom. The molecule has 3 aliphatic rings. The summed E-state index contributed by atoms with van der Waals surface area (Å²) in [6.45, 7) is 0. The Morgan fingerprint density at radius 1 is 0.367 bits per heavy atom. The number of hydrogen-bond donors (Lipinski definition) is 2. The van der Waals surface area contributed by atoms with Crippen LogP contribution in [0.5, 0.6) is 0 Å². The molecule has 4 aromatic carbocycles. The molecular formula is C32H14K4N8O12S4. The van der Waals surface area contributed by atoms with Crippen LogP contribution < -0.4 is 206 Å². The summed E-state index contributed by atoms with van der Waals surface area (Å²) in [5.74, 6) is -1.02. The predicted molar refractivity (Wildman–Crippen MR) is 186 cm³/mol. The van der Waals surface area contributed by atoms with Crippen molar-refractivity contribution in [1.29, 1.82) is 0 Å². The van der Waals surface area contributed by atoms with Crippen molar-refractivity contribution in [1.82, 2.24) is 39.9 Å². The average Bonchev–Trinajstić information content (AvgIpc) is 3.84. The van der Waals surface area contributed by atoms with Gasteiger partial charge in [-0.2, -0.15) is 0 Å². The molecule has 8 bridgehead atoms. The number of H-pyrrole nitrogens is 2. The molecule has 0 aliphatic carbocycles. The number of nitrogens with one attached hydrogen (secondary N) is 2. The van der Waals surface area contributed by atoms with Gasteiger partial charge in [-0.25, -0.2) is 63.6 Å². The van der Waals surface area contributed by atoms with Crippen LogP contribution in [-0.2, 0) is 40.5 Å². The Bertz CT molecular complexity index is 3520.